The van der Waals surface area contributed by atoms with E-state index in [1.807, 2.05) is 47.8 Å². The van der Waals surface area contributed by atoms with Gasteiger partial charge < -0.3 is 19.2 Å². The quantitative estimate of drug-likeness (QED) is 0.700. The number of aliphatic carboxylic acids is 1. The lowest BCUT2D eigenvalue weighted by Gasteiger charge is -2.14. The van der Waals surface area contributed by atoms with Gasteiger partial charge in [0.1, 0.15) is 5.75 Å². The number of hydrogen-bond donors (Lipinski definition) is 0. The first-order valence-electron chi connectivity index (χ1n) is 7.28. The first-order chi connectivity index (χ1) is 11.2. The van der Waals surface area contributed by atoms with Crippen LogP contribution < -0.4 is 9.84 Å². The average Bonchev–Trinajstić information content (AvgIpc) is 3.21. The second-order valence-corrected chi connectivity index (χ2v) is 6.04. The molecule has 118 valence electrons. The lowest BCUT2D eigenvalue weighted by Crippen LogP contribution is -2.22. The van der Waals surface area contributed by atoms with E-state index < -0.39 is 5.97 Å². The number of carbonyl (C=O) groups excluding carboxylic acids is 1. The van der Waals surface area contributed by atoms with E-state index in [4.69, 9.17) is 4.74 Å². The lowest BCUT2D eigenvalue weighted by molar-refractivity contribution is -0.305. The van der Waals surface area contributed by atoms with Crippen molar-refractivity contribution >= 4 is 17.3 Å². The van der Waals surface area contributed by atoms with E-state index in [1.54, 1.807) is 18.4 Å². The van der Waals surface area contributed by atoms with Crippen LogP contribution in [0.1, 0.15) is 12.1 Å². The summed E-state index contributed by atoms with van der Waals surface area (Å²) in [6, 6.07) is 15.8. The second kappa shape index (κ2) is 6.71. The number of aromatic nitrogens is 1. The van der Waals surface area contributed by atoms with Gasteiger partial charge in [-0.15, -0.1) is 11.3 Å². The van der Waals surface area contributed by atoms with Crippen LogP contribution in [-0.4, -0.2) is 17.6 Å². The molecule has 3 aromatic rings. The minimum atomic E-state index is -1.04. The molecule has 5 heteroatoms. The van der Waals surface area contributed by atoms with E-state index in [0.717, 1.165) is 27.7 Å². The number of ether oxygens (including phenoxy) is 1. The van der Waals surface area contributed by atoms with Crippen molar-refractivity contribution in [1.29, 1.82) is 0 Å². The molecule has 0 spiro atoms. The van der Waals surface area contributed by atoms with Crippen molar-refractivity contribution in [3.63, 3.8) is 0 Å². The number of carboxylic acid groups (broad SMARTS) is 1. The topological polar surface area (TPSA) is 54.3 Å². The molecule has 0 N–H and O–H groups in total. The van der Waals surface area contributed by atoms with E-state index in [1.165, 1.54) is 0 Å². The molecule has 2 aromatic heterocycles. The average molecular weight is 326 g/mol. The first kappa shape index (κ1) is 15.4. The minimum Gasteiger partial charge on any atom is -0.550 e. The van der Waals surface area contributed by atoms with Crippen LogP contribution in [0, 0.1) is 0 Å². The molecule has 23 heavy (non-hydrogen) atoms. The fourth-order valence-corrected chi connectivity index (χ4v) is 3.32. The monoisotopic (exact) mass is 326 g/mol. The molecule has 0 saturated heterocycles. The highest BCUT2D eigenvalue weighted by atomic mass is 32.1. The number of thiophene rings is 1. The molecule has 3 rings (SSSR count). The molecule has 0 aliphatic carbocycles. The predicted octanol–water partition coefficient (Wildman–Crippen LogP) is 2.90. The van der Waals surface area contributed by atoms with Gasteiger partial charge in [0.05, 0.1) is 17.7 Å². The van der Waals surface area contributed by atoms with Crippen LogP contribution in [-0.2, 0) is 11.2 Å². The standard InChI is InChI=1S/C18H17NO3S/c1-22-15-5-2-4-14(12-15)19-13(8-10-18(20)21)7-9-16(19)17-6-3-11-23-17/h2-7,9,11-12H,8,10H2,1H3,(H,20,21)/p-1. The molecular weight excluding hydrogens is 310 g/mol. The highest BCUT2D eigenvalue weighted by Crippen LogP contribution is 2.31. The largest absolute Gasteiger partial charge is 0.550 e. The molecule has 0 radical (unpaired) electrons. The minimum absolute atomic E-state index is 0.00212. The van der Waals surface area contributed by atoms with Gasteiger partial charge in [0, 0.05) is 23.4 Å². The SMILES string of the molecule is COc1cccc(-n2c(CCC(=O)[O-])ccc2-c2cccs2)c1. The normalized spacial score (nSPS) is 10.7. The highest BCUT2D eigenvalue weighted by Gasteiger charge is 2.13. The number of benzene rings is 1. The zero-order valence-corrected chi connectivity index (χ0v) is 13.5. The summed E-state index contributed by atoms with van der Waals surface area (Å²) in [4.78, 5) is 11.9. The van der Waals surface area contributed by atoms with Crippen LogP contribution >= 0.6 is 11.3 Å². The molecule has 0 saturated carbocycles. The third-order valence-corrected chi connectivity index (χ3v) is 4.52. The van der Waals surface area contributed by atoms with E-state index in [-0.39, 0.29) is 6.42 Å². The van der Waals surface area contributed by atoms with Gasteiger partial charge >= 0.3 is 0 Å². The lowest BCUT2D eigenvalue weighted by atomic mass is 10.2. The predicted molar refractivity (Wildman–Crippen MR) is 89.0 cm³/mol. The van der Waals surface area contributed by atoms with Crippen molar-refractivity contribution in [3.05, 3.63) is 59.6 Å². The fourth-order valence-electron chi connectivity index (χ4n) is 2.58. The molecule has 1 aromatic carbocycles. The van der Waals surface area contributed by atoms with Crippen molar-refractivity contribution in [2.24, 2.45) is 0 Å². The molecule has 0 bridgehead atoms. The van der Waals surface area contributed by atoms with Crippen LogP contribution in [0.5, 0.6) is 5.75 Å². The molecule has 2 heterocycles. The van der Waals surface area contributed by atoms with Gasteiger partial charge in [-0.05, 0) is 48.6 Å². The number of hydrogen-bond acceptors (Lipinski definition) is 4. The molecule has 4 nitrogen and oxygen atoms in total. The van der Waals surface area contributed by atoms with Crippen LogP contribution in [0.3, 0.4) is 0 Å². The van der Waals surface area contributed by atoms with E-state index >= 15 is 0 Å². The summed E-state index contributed by atoms with van der Waals surface area (Å²) in [6.45, 7) is 0. The third-order valence-electron chi connectivity index (χ3n) is 3.63. The van der Waals surface area contributed by atoms with Crippen LogP contribution in [0.25, 0.3) is 16.3 Å². The second-order valence-electron chi connectivity index (χ2n) is 5.10. The van der Waals surface area contributed by atoms with Crippen LogP contribution in [0.2, 0.25) is 0 Å². The summed E-state index contributed by atoms with van der Waals surface area (Å²) in [5, 5.41) is 12.8. The Morgan fingerprint density at radius 3 is 2.78 bits per heavy atom. The Bertz CT molecular complexity index is 806. The maximum Gasteiger partial charge on any atom is 0.120 e. The van der Waals surface area contributed by atoms with Gasteiger partial charge in [-0.2, -0.15) is 0 Å². The number of rotatable bonds is 6. The number of aryl methyl sites for hydroxylation is 1. The Labute approximate surface area is 138 Å². The maximum absolute atomic E-state index is 10.8. The first-order valence-corrected chi connectivity index (χ1v) is 8.16. The smallest absolute Gasteiger partial charge is 0.120 e. The van der Waals surface area contributed by atoms with Gasteiger partial charge in [-0.25, -0.2) is 0 Å². The van der Waals surface area contributed by atoms with Crippen molar-refractivity contribution in [2.75, 3.05) is 7.11 Å². The highest BCUT2D eigenvalue weighted by molar-refractivity contribution is 7.13. The van der Waals surface area contributed by atoms with Gasteiger partial charge in [0.15, 0.2) is 0 Å². The number of nitrogens with zero attached hydrogens (tertiary/aromatic N) is 1. The summed E-state index contributed by atoms with van der Waals surface area (Å²) < 4.78 is 7.39. The third kappa shape index (κ3) is 3.29. The Hall–Kier alpha value is -2.53. The number of carbonyl (C=O) groups is 1. The van der Waals surface area contributed by atoms with E-state index in [0.29, 0.717) is 6.42 Å². The van der Waals surface area contributed by atoms with Crippen LogP contribution in [0.15, 0.2) is 53.9 Å². The van der Waals surface area contributed by atoms with E-state index in [2.05, 4.69) is 10.6 Å². The molecule has 0 aliphatic heterocycles. The molecular formula is C18H16NO3S-. The van der Waals surface area contributed by atoms with Crippen molar-refractivity contribution in [2.45, 2.75) is 12.8 Å². The van der Waals surface area contributed by atoms with E-state index in [9.17, 15) is 9.90 Å². The molecule has 0 atom stereocenters. The zero-order chi connectivity index (χ0) is 16.2. The summed E-state index contributed by atoms with van der Waals surface area (Å²) in [6.07, 6.45) is 0.419. The Morgan fingerprint density at radius 1 is 1.22 bits per heavy atom. The number of methoxy groups -OCH3 is 1. The fraction of sp³-hybridized carbons (Fsp3) is 0.167. The molecule has 0 fully saturated rings. The van der Waals surface area contributed by atoms with Crippen LogP contribution in [0.4, 0.5) is 0 Å². The van der Waals surface area contributed by atoms with Crippen molar-refractivity contribution in [3.8, 4) is 22.0 Å². The van der Waals surface area contributed by atoms with Gasteiger partial charge in [-0.3, -0.25) is 0 Å². The zero-order valence-electron chi connectivity index (χ0n) is 12.7. The summed E-state index contributed by atoms with van der Waals surface area (Å²) in [7, 11) is 1.63. The maximum atomic E-state index is 10.8. The Kier molecular flexibility index (Phi) is 4.48. The van der Waals surface area contributed by atoms with Gasteiger partial charge in [0.2, 0.25) is 0 Å². The Morgan fingerprint density at radius 2 is 2.09 bits per heavy atom. The molecule has 0 amide bonds. The molecule has 0 aliphatic rings. The molecule has 0 unspecified atom stereocenters. The number of carboxylic acids is 1. The van der Waals surface area contributed by atoms with Gasteiger partial charge in [-0.1, -0.05) is 12.1 Å². The summed E-state index contributed by atoms with van der Waals surface area (Å²) in [5.74, 6) is -0.278. The summed E-state index contributed by atoms with van der Waals surface area (Å²) >= 11 is 1.65. The Balaban J connectivity index is 2.10. The van der Waals surface area contributed by atoms with Gasteiger partial charge in [0.25, 0.3) is 0 Å². The summed E-state index contributed by atoms with van der Waals surface area (Å²) in [5.41, 5.74) is 2.93. The van der Waals surface area contributed by atoms with Crippen molar-refractivity contribution < 1.29 is 14.6 Å². The van der Waals surface area contributed by atoms with Crippen molar-refractivity contribution in [1.82, 2.24) is 4.57 Å².